The number of nitrogens with two attached hydrogens (primary N) is 1. The van der Waals surface area contributed by atoms with E-state index in [0.717, 1.165) is 6.42 Å². The number of nitrogens with zero attached hydrogens (tertiary/aromatic N) is 2. The van der Waals surface area contributed by atoms with Gasteiger partial charge in [-0.05, 0) is 29.2 Å². The predicted molar refractivity (Wildman–Crippen MR) is 65.9 cm³/mol. The molecule has 0 aliphatic carbocycles. The molecule has 0 atom stereocenters. The SMILES string of the molecule is Cc1cccc(CCNC(=O)c2nonc2N)c1. The van der Waals surface area contributed by atoms with Gasteiger partial charge in [0.05, 0.1) is 0 Å². The summed E-state index contributed by atoms with van der Waals surface area (Å²) in [6.07, 6.45) is 0.749. The summed E-state index contributed by atoms with van der Waals surface area (Å²) >= 11 is 0. The molecule has 6 nitrogen and oxygen atoms in total. The Hall–Kier alpha value is -2.37. The number of aryl methyl sites for hydroxylation is 1. The molecular weight excluding hydrogens is 232 g/mol. The van der Waals surface area contributed by atoms with Crippen LogP contribution in [0.15, 0.2) is 28.9 Å². The second-order valence-corrected chi connectivity index (χ2v) is 3.99. The molecule has 18 heavy (non-hydrogen) atoms. The summed E-state index contributed by atoms with van der Waals surface area (Å²) in [5.74, 6) is -0.371. The van der Waals surface area contributed by atoms with Gasteiger partial charge in [0.2, 0.25) is 11.5 Å². The maximum atomic E-state index is 11.6. The molecule has 0 fully saturated rings. The van der Waals surface area contributed by atoms with Gasteiger partial charge in [-0.2, -0.15) is 0 Å². The Morgan fingerprint density at radius 2 is 2.28 bits per heavy atom. The summed E-state index contributed by atoms with van der Waals surface area (Å²) in [5, 5.41) is 9.49. The Kier molecular flexibility index (Phi) is 3.57. The molecule has 6 heteroatoms. The quantitative estimate of drug-likeness (QED) is 0.837. The van der Waals surface area contributed by atoms with Gasteiger partial charge in [-0.25, -0.2) is 4.63 Å². The van der Waals surface area contributed by atoms with E-state index in [2.05, 4.69) is 26.3 Å². The zero-order chi connectivity index (χ0) is 13.0. The normalized spacial score (nSPS) is 10.3. The molecule has 1 heterocycles. The van der Waals surface area contributed by atoms with Crippen molar-refractivity contribution in [2.24, 2.45) is 0 Å². The first-order valence-electron chi connectivity index (χ1n) is 5.58. The highest BCUT2D eigenvalue weighted by Crippen LogP contribution is 2.05. The van der Waals surface area contributed by atoms with Gasteiger partial charge in [0.15, 0.2) is 0 Å². The lowest BCUT2D eigenvalue weighted by Crippen LogP contribution is -2.26. The Labute approximate surface area is 104 Å². The first-order valence-corrected chi connectivity index (χ1v) is 5.58. The fourth-order valence-corrected chi connectivity index (χ4v) is 1.62. The average molecular weight is 246 g/mol. The number of hydrogen-bond donors (Lipinski definition) is 2. The van der Waals surface area contributed by atoms with Crippen molar-refractivity contribution in [2.75, 3.05) is 12.3 Å². The van der Waals surface area contributed by atoms with E-state index in [4.69, 9.17) is 5.73 Å². The summed E-state index contributed by atoms with van der Waals surface area (Å²) < 4.78 is 4.36. The van der Waals surface area contributed by atoms with Crippen molar-refractivity contribution in [3.63, 3.8) is 0 Å². The highest BCUT2D eigenvalue weighted by molar-refractivity contribution is 5.95. The molecule has 1 aromatic carbocycles. The lowest BCUT2D eigenvalue weighted by Gasteiger charge is -2.04. The molecule has 2 aromatic rings. The van der Waals surface area contributed by atoms with Crippen molar-refractivity contribution in [3.05, 3.63) is 41.1 Å². The number of aromatic nitrogens is 2. The zero-order valence-electron chi connectivity index (χ0n) is 10.0. The van der Waals surface area contributed by atoms with Crippen LogP contribution in [-0.2, 0) is 6.42 Å². The van der Waals surface area contributed by atoms with Crippen molar-refractivity contribution >= 4 is 11.7 Å². The van der Waals surface area contributed by atoms with E-state index in [1.165, 1.54) is 11.1 Å². The smallest absolute Gasteiger partial charge is 0.277 e. The van der Waals surface area contributed by atoms with Crippen molar-refractivity contribution in [1.82, 2.24) is 15.6 Å². The molecule has 0 bridgehead atoms. The van der Waals surface area contributed by atoms with Crippen molar-refractivity contribution in [1.29, 1.82) is 0 Å². The molecule has 0 radical (unpaired) electrons. The molecule has 0 aliphatic rings. The van der Waals surface area contributed by atoms with Gasteiger partial charge in [-0.1, -0.05) is 29.8 Å². The molecule has 0 spiro atoms. The van der Waals surface area contributed by atoms with Crippen molar-refractivity contribution in [3.8, 4) is 0 Å². The number of hydrogen-bond acceptors (Lipinski definition) is 5. The lowest BCUT2D eigenvalue weighted by molar-refractivity contribution is 0.0945. The predicted octanol–water partition coefficient (Wildman–Crippen LogP) is 0.933. The summed E-state index contributed by atoms with van der Waals surface area (Å²) in [6.45, 7) is 2.54. The topological polar surface area (TPSA) is 94.0 Å². The molecule has 2 rings (SSSR count). The number of rotatable bonds is 4. The third-order valence-electron chi connectivity index (χ3n) is 2.51. The monoisotopic (exact) mass is 246 g/mol. The molecule has 0 aliphatic heterocycles. The minimum Gasteiger partial charge on any atom is -0.379 e. The third kappa shape index (κ3) is 2.85. The molecule has 1 aromatic heterocycles. The van der Waals surface area contributed by atoms with Crippen LogP contribution < -0.4 is 11.1 Å². The molecule has 3 N–H and O–H groups in total. The van der Waals surface area contributed by atoms with Crippen LogP contribution in [0.1, 0.15) is 21.6 Å². The zero-order valence-corrected chi connectivity index (χ0v) is 10.0. The number of nitrogens with one attached hydrogen (secondary N) is 1. The number of carbonyl (C=O) groups excluding carboxylic acids is 1. The minimum atomic E-state index is -0.374. The van der Waals surface area contributed by atoms with Crippen LogP contribution in [0.25, 0.3) is 0 Å². The van der Waals surface area contributed by atoms with Crippen LogP contribution in [0.4, 0.5) is 5.82 Å². The first kappa shape index (κ1) is 12.1. The Morgan fingerprint density at radius 1 is 1.44 bits per heavy atom. The van der Waals surface area contributed by atoms with Crippen LogP contribution in [0.2, 0.25) is 0 Å². The molecular formula is C12H14N4O2. The summed E-state index contributed by atoms with van der Waals surface area (Å²) in [4.78, 5) is 11.6. The Bertz CT molecular complexity index is 551. The summed E-state index contributed by atoms with van der Waals surface area (Å²) in [6, 6.07) is 8.12. The van der Waals surface area contributed by atoms with Gasteiger partial charge in [0.25, 0.3) is 5.91 Å². The number of anilines is 1. The van der Waals surface area contributed by atoms with E-state index in [0.29, 0.717) is 6.54 Å². The van der Waals surface area contributed by atoms with Gasteiger partial charge in [-0.15, -0.1) is 0 Å². The Balaban J connectivity index is 1.86. The van der Waals surface area contributed by atoms with E-state index in [9.17, 15) is 4.79 Å². The van der Waals surface area contributed by atoms with E-state index in [-0.39, 0.29) is 17.4 Å². The molecule has 0 saturated carbocycles. The standard InChI is InChI=1S/C12H14N4O2/c1-8-3-2-4-9(7-8)5-6-14-12(17)10-11(13)16-18-15-10/h2-4,7H,5-6H2,1H3,(H2,13,16)(H,14,17). The second-order valence-electron chi connectivity index (χ2n) is 3.99. The number of benzene rings is 1. The first-order chi connectivity index (χ1) is 8.66. The second kappa shape index (κ2) is 5.31. The maximum absolute atomic E-state index is 11.6. The fourth-order valence-electron chi connectivity index (χ4n) is 1.62. The highest BCUT2D eigenvalue weighted by atomic mass is 16.6. The number of carbonyl (C=O) groups is 1. The van der Waals surface area contributed by atoms with Gasteiger partial charge >= 0.3 is 0 Å². The van der Waals surface area contributed by atoms with Crippen LogP contribution in [0.5, 0.6) is 0 Å². The van der Waals surface area contributed by atoms with Gasteiger partial charge in [0, 0.05) is 6.54 Å². The van der Waals surface area contributed by atoms with Gasteiger partial charge in [-0.3, -0.25) is 4.79 Å². The van der Waals surface area contributed by atoms with E-state index in [1.54, 1.807) is 0 Å². The van der Waals surface area contributed by atoms with Crippen LogP contribution in [0.3, 0.4) is 0 Å². The lowest BCUT2D eigenvalue weighted by atomic mass is 10.1. The van der Waals surface area contributed by atoms with Crippen molar-refractivity contribution in [2.45, 2.75) is 13.3 Å². The molecule has 94 valence electrons. The van der Waals surface area contributed by atoms with Crippen LogP contribution in [0, 0.1) is 6.92 Å². The van der Waals surface area contributed by atoms with E-state index >= 15 is 0 Å². The van der Waals surface area contributed by atoms with Crippen LogP contribution in [-0.4, -0.2) is 22.8 Å². The summed E-state index contributed by atoms with van der Waals surface area (Å²) in [7, 11) is 0. The number of nitrogen functional groups attached to an aromatic ring is 1. The van der Waals surface area contributed by atoms with E-state index < -0.39 is 0 Å². The molecule has 0 saturated heterocycles. The van der Waals surface area contributed by atoms with Crippen LogP contribution >= 0.6 is 0 Å². The fraction of sp³-hybridized carbons (Fsp3) is 0.250. The largest absolute Gasteiger partial charge is 0.379 e. The molecule has 0 unspecified atom stereocenters. The van der Waals surface area contributed by atoms with Crippen molar-refractivity contribution < 1.29 is 9.42 Å². The number of amides is 1. The average Bonchev–Trinajstić information content (AvgIpc) is 2.75. The maximum Gasteiger partial charge on any atom is 0.277 e. The highest BCUT2D eigenvalue weighted by Gasteiger charge is 2.14. The van der Waals surface area contributed by atoms with E-state index in [1.807, 2.05) is 25.1 Å². The Morgan fingerprint density at radius 3 is 2.94 bits per heavy atom. The minimum absolute atomic E-state index is 0.00283. The summed E-state index contributed by atoms with van der Waals surface area (Å²) in [5.41, 5.74) is 7.81. The van der Waals surface area contributed by atoms with Gasteiger partial charge in [0.1, 0.15) is 0 Å². The van der Waals surface area contributed by atoms with Gasteiger partial charge < -0.3 is 11.1 Å². The third-order valence-corrected chi connectivity index (χ3v) is 2.51. The molecule has 1 amide bonds.